The molecule has 0 aliphatic carbocycles. The average molecular weight is 270 g/mol. The van der Waals surface area contributed by atoms with Gasteiger partial charge in [-0.25, -0.2) is 0 Å². The lowest BCUT2D eigenvalue weighted by Gasteiger charge is -2.20. The number of pyridine rings is 1. The van der Waals surface area contributed by atoms with Crippen LogP contribution in [0.1, 0.15) is 57.6 Å². The topological polar surface area (TPSA) is 24.9 Å². The van der Waals surface area contributed by atoms with Gasteiger partial charge in [-0.15, -0.1) is 0 Å². The van der Waals surface area contributed by atoms with Crippen molar-refractivity contribution in [3.63, 3.8) is 0 Å². The van der Waals surface area contributed by atoms with Crippen LogP contribution < -0.4 is 5.32 Å². The van der Waals surface area contributed by atoms with Crippen LogP contribution in [0, 0.1) is 0 Å². The van der Waals surface area contributed by atoms with Crippen LogP contribution in [0.5, 0.6) is 0 Å². The predicted molar refractivity (Wildman–Crippen MR) is 86.9 cm³/mol. The Morgan fingerprint density at radius 2 is 2.00 bits per heavy atom. The van der Waals surface area contributed by atoms with Crippen molar-refractivity contribution >= 4 is 10.8 Å². The van der Waals surface area contributed by atoms with E-state index in [4.69, 9.17) is 0 Å². The second kappa shape index (κ2) is 8.01. The SMILES string of the molecule is CCCCCC(NCCC)c1cccc2ccncc12. The molecular formula is C18H26N2. The molecule has 2 heteroatoms. The number of hydrogen-bond donors (Lipinski definition) is 1. The second-order valence-corrected chi connectivity index (χ2v) is 5.45. The molecule has 108 valence electrons. The maximum Gasteiger partial charge on any atom is 0.0349 e. The smallest absolute Gasteiger partial charge is 0.0349 e. The third-order valence-electron chi connectivity index (χ3n) is 3.83. The molecular weight excluding hydrogens is 244 g/mol. The van der Waals surface area contributed by atoms with Gasteiger partial charge in [0.1, 0.15) is 0 Å². The Bertz CT molecular complexity index is 516. The maximum atomic E-state index is 4.30. The summed E-state index contributed by atoms with van der Waals surface area (Å²) in [6.07, 6.45) is 10.1. The predicted octanol–water partition coefficient (Wildman–Crippen LogP) is 4.86. The second-order valence-electron chi connectivity index (χ2n) is 5.45. The zero-order valence-corrected chi connectivity index (χ0v) is 12.7. The third-order valence-corrected chi connectivity index (χ3v) is 3.83. The molecule has 2 nitrogen and oxygen atoms in total. The van der Waals surface area contributed by atoms with Crippen LogP contribution in [0.4, 0.5) is 0 Å². The molecule has 0 amide bonds. The molecule has 1 heterocycles. The standard InChI is InChI=1S/C18H26N2/c1-3-5-6-10-18(20-12-4-2)16-9-7-8-15-11-13-19-14-17(15)16/h7-9,11,13-14,18,20H,3-6,10,12H2,1-2H3. The average Bonchev–Trinajstić information content (AvgIpc) is 2.50. The van der Waals surface area contributed by atoms with E-state index in [1.807, 2.05) is 12.4 Å². The number of aromatic nitrogens is 1. The molecule has 2 aromatic rings. The first-order chi connectivity index (χ1) is 9.86. The largest absolute Gasteiger partial charge is 0.310 e. The van der Waals surface area contributed by atoms with E-state index in [1.54, 1.807) is 0 Å². The van der Waals surface area contributed by atoms with Crippen molar-refractivity contribution < 1.29 is 0 Å². The highest BCUT2D eigenvalue weighted by Gasteiger charge is 2.13. The number of nitrogens with zero attached hydrogens (tertiary/aromatic N) is 1. The van der Waals surface area contributed by atoms with Gasteiger partial charge in [0.2, 0.25) is 0 Å². The lowest BCUT2D eigenvalue weighted by molar-refractivity contribution is 0.477. The number of benzene rings is 1. The normalized spacial score (nSPS) is 12.7. The van der Waals surface area contributed by atoms with Crippen molar-refractivity contribution in [1.82, 2.24) is 10.3 Å². The minimum Gasteiger partial charge on any atom is -0.310 e. The zero-order valence-electron chi connectivity index (χ0n) is 12.7. The van der Waals surface area contributed by atoms with Crippen LogP contribution >= 0.6 is 0 Å². The lowest BCUT2D eigenvalue weighted by atomic mass is 9.96. The van der Waals surface area contributed by atoms with Gasteiger partial charge >= 0.3 is 0 Å². The molecule has 1 unspecified atom stereocenters. The highest BCUT2D eigenvalue weighted by atomic mass is 14.9. The molecule has 0 saturated heterocycles. The summed E-state index contributed by atoms with van der Waals surface area (Å²) in [4.78, 5) is 4.30. The molecule has 1 aromatic heterocycles. The van der Waals surface area contributed by atoms with Gasteiger partial charge < -0.3 is 5.32 Å². The van der Waals surface area contributed by atoms with E-state index >= 15 is 0 Å². The number of fused-ring (bicyclic) bond motifs is 1. The zero-order chi connectivity index (χ0) is 14.2. The molecule has 0 bridgehead atoms. The fourth-order valence-corrected chi connectivity index (χ4v) is 2.73. The molecule has 0 fully saturated rings. The van der Waals surface area contributed by atoms with Crippen molar-refractivity contribution in [3.8, 4) is 0 Å². The summed E-state index contributed by atoms with van der Waals surface area (Å²) in [5, 5.41) is 6.29. The van der Waals surface area contributed by atoms with Gasteiger partial charge in [0, 0.05) is 23.8 Å². The van der Waals surface area contributed by atoms with E-state index in [-0.39, 0.29) is 0 Å². The Morgan fingerprint density at radius 1 is 1.10 bits per heavy atom. The molecule has 0 aliphatic rings. The van der Waals surface area contributed by atoms with Gasteiger partial charge in [-0.3, -0.25) is 4.98 Å². The molecule has 2 rings (SSSR count). The van der Waals surface area contributed by atoms with Gasteiger partial charge in [-0.05, 0) is 36.4 Å². The monoisotopic (exact) mass is 270 g/mol. The fraction of sp³-hybridized carbons (Fsp3) is 0.500. The van der Waals surface area contributed by atoms with Gasteiger partial charge in [0.05, 0.1) is 0 Å². The Morgan fingerprint density at radius 3 is 2.80 bits per heavy atom. The summed E-state index contributed by atoms with van der Waals surface area (Å²) in [7, 11) is 0. The molecule has 0 saturated carbocycles. The van der Waals surface area contributed by atoms with Crippen LogP contribution in [0.2, 0.25) is 0 Å². The molecule has 0 radical (unpaired) electrons. The first kappa shape index (κ1) is 15.0. The summed E-state index contributed by atoms with van der Waals surface area (Å²) in [5.41, 5.74) is 1.40. The van der Waals surface area contributed by atoms with Gasteiger partial charge in [-0.1, -0.05) is 51.3 Å². The Kier molecular flexibility index (Phi) is 6.00. The first-order valence-corrected chi connectivity index (χ1v) is 7.92. The Hall–Kier alpha value is -1.41. The summed E-state index contributed by atoms with van der Waals surface area (Å²) in [6, 6.07) is 9.14. The van der Waals surface area contributed by atoms with Crippen molar-refractivity contribution in [2.24, 2.45) is 0 Å². The highest BCUT2D eigenvalue weighted by molar-refractivity contribution is 5.85. The quantitative estimate of drug-likeness (QED) is 0.693. The summed E-state index contributed by atoms with van der Waals surface area (Å²) < 4.78 is 0. The number of rotatable bonds is 8. The molecule has 20 heavy (non-hydrogen) atoms. The van der Waals surface area contributed by atoms with Crippen LogP contribution in [0.15, 0.2) is 36.7 Å². The van der Waals surface area contributed by atoms with E-state index in [2.05, 4.69) is 48.4 Å². The van der Waals surface area contributed by atoms with Gasteiger partial charge in [0.25, 0.3) is 0 Å². The maximum absolute atomic E-state index is 4.30. The Balaban J connectivity index is 2.24. The molecule has 1 atom stereocenters. The lowest BCUT2D eigenvalue weighted by Crippen LogP contribution is -2.22. The van der Waals surface area contributed by atoms with Crippen LogP contribution in [-0.4, -0.2) is 11.5 Å². The van der Waals surface area contributed by atoms with Gasteiger partial charge in [-0.2, -0.15) is 0 Å². The van der Waals surface area contributed by atoms with E-state index in [0.717, 1.165) is 6.54 Å². The first-order valence-electron chi connectivity index (χ1n) is 7.92. The minimum absolute atomic E-state index is 0.453. The molecule has 1 aromatic carbocycles. The molecule has 0 aliphatic heterocycles. The van der Waals surface area contributed by atoms with Crippen molar-refractivity contribution in [1.29, 1.82) is 0 Å². The van der Waals surface area contributed by atoms with Crippen molar-refractivity contribution in [3.05, 3.63) is 42.2 Å². The number of hydrogen-bond acceptors (Lipinski definition) is 2. The number of nitrogens with one attached hydrogen (secondary N) is 1. The molecule has 1 N–H and O–H groups in total. The summed E-state index contributed by atoms with van der Waals surface area (Å²) >= 11 is 0. The van der Waals surface area contributed by atoms with Gasteiger partial charge in [0.15, 0.2) is 0 Å². The van der Waals surface area contributed by atoms with E-state index in [9.17, 15) is 0 Å². The summed E-state index contributed by atoms with van der Waals surface area (Å²) in [5.74, 6) is 0. The van der Waals surface area contributed by atoms with Crippen molar-refractivity contribution in [2.45, 2.75) is 52.0 Å². The van der Waals surface area contributed by atoms with Crippen molar-refractivity contribution in [2.75, 3.05) is 6.54 Å². The van der Waals surface area contributed by atoms with E-state index in [0.29, 0.717) is 6.04 Å². The number of unbranched alkanes of at least 4 members (excludes halogenated alkanes) is 2. The molecule has 0 spiro atoms. The third kappa shape index (κ3) is 3.80. The van der Waals surface area contributed by atoms with Crippen LogP contribution in [0.3, 0.4) is 0 Å². The minimum atomic E-state index is 0.453. The van der Waals surface area contributed by atoms with Crippen LogP contribution in [-0.2, 0) is 0 Å². The Labute approximate surface area is 122 Å². The summed E-state index contributed by atoms with van der Waals surface area (Å²) in [6.45, 7) is 5.56. The highest BCUT2D eigenvalue weighted by Crippen LogP contribution is 2.27. The van der Waals surface area contributed by atoms with E-state index < -0.39 is 0 Å². The van der Waals surface area contributed by atoms with Crippen LogP contribution in [0.25, 0.3) is 10.8 Å². The fourth-order valence-electron chi connectivity index (χ4n) is 2.73. The van der Waals surface area contributed by atoms with E-state index in [1.165, 1.54) is 48.4 Å².